The van der Waals surface area contributed by atoms with E-state index in [1.54, 1.807) is 4.68 Å². The first kappa shape index (κ1) is 15.5. The Morgan fingerprint density at radius 2 is 2.05 bits per heavy atom. The lowest BCUT2D eigenvalue weighted by Crippen LogP contribution is -2.31. The van der Waals surface area contributed by atoms with Gasteiger partial charge < -0.3 is 15.2 Å². The molecule has 2 N–H and O–H groups in total. The van der Waals surface area contributed by atoms with Crippen molar-refractivity contribution in [3.05, 3.63) is 47.8 Å². The van der Waals surface area contributed by atoms with Gasteiger partial charge in [0, 0.05) is 26.3 Å². The predicted molar refractivity (Wildman–Crippen MR) is 82.2 cm³/mol. The van der Waals surface area contributed by atoms with Crippen molar-refractivity contribution in [3.63, 3.8) is 0 Å². The summed E-state index contributed by atoms with van der Waals surface area (Å²) in [5.74, 6) is 0.788. The van der Waals surface area contributed by atoms with Crippen molar-refractivity contribution in [2.75, 3.05) is 13.2 Å². The van der Waals surface area contributed by atoms with E-state index >= 15 is 0 Å². The highest BCUT2D eigenvalue weighted by Gasteiger charge is 2.05. The summed E-state index contributed by atoms with van der Waals surface area (Å²) in [6.07, 6.45) is 2.37. The fourth-order valence-electron chi connectivity index (χ4n) is 2.00. The topological polar surface area (TPSA) is 59.3 Å². The summed E-state index contributed by atoms with van der Waals surface area (Å²) in [7, 11) is 1.88. The molecular weight excluding hydrogens is 266 g/mol. The third-order valence-corrected chi connectivity index (χ3v) is 3.23. The number of hydrogen-bond acceptors (Lipinski definition) is 4. The molecule has 0 aliphatic heterocycles. The fraction of sp³-hybridized carbons (Fsp3) is 0.438. The Morgan fingerprint density at radius 3 is 2.67 bits per heavy atom. The second kappa shape index (κ2) is 7.81. The van der Waals surface area contributed by atoms with Gasteiger partial charge in [-0.05, 0) is 30.2 Å². The molecule has 21 heavy (non-hydrogen) atoms. The van der Waals surface area contributed by atoms with E-state index in [1.165, 1.54) is 5.56 Å². The predicted octanol–water partition coefficient (Wildman–Crippen LogP) is 1.51. The molecule has 0 aliphatic carbocycles. The zero-order chi connectivity index (χ0) is 15.1. The highest BCUT2D eigenvalue weighted by atomic mass is 16.5. The first-order valence-corrected chi connectivity index (χ1v) is 7.26. The number of hydrogen-bond donors (Lipinski definition) is 2. The molecule has 1 heterocycles. The van der Waals surface area contributed by atoms with Crippen LogP contribution in [0.4, 0.5) is 0 Å². The van der Waals surface area contributed by atoms with Crippen LogP contribution in [-0.4, -0.2) is 34.1 Å². The third-order valence-electron chi connectivity index (χ3n) is 3.23. The number of aliphatic hydroxyl groups excluding tert-OH is 1. The van der Waals surface area contributed by atoms with Crippen LogP contribution in [-0.2, 0) is 20.0 Å². The number of ether oxygens (including phenoxy) is 1. The maximum Gasteiger partial charge on any atom is 0.119 e. The Hall–Kier alpha value is -1.85. The van der Waals surface area contributed by atoms with Crippen LogP contribution in [0.2, 0.25) is 0 Å². The second-order valence-electron chi connectivity index (χ2n) is 5.07. The normalized spacial score (nSPS) is 12.3. The zero-order valence-corrected chi connectivity index (χ0v) is 12.6. The third kappa shape index (κ3) is 5.21. The van der Waals surface area contributed by atoms with Gasteiger partial charge in [-0.1, -0.05) is 19.1 Å². The molecule has 0 aliphatic rings. The molecule has 114 valence electrons. The molecule has 0 bridgehead atoms. The van der Waals surface area contributed by atoms with Gasteiger partial charge in [-0.2, -0.15) is 5.10 Å². The standard InChI is InChI=1S/C16H23N3O2/c1-3-13-4-6-16(7-5-13)21-12-15(20)11-17-10-14-8-9-19(2)18-14/h4-9,15,17,20H,3,10-12H2,1-2H3. The lowest BCUT2D eigenvalue weighted by molar-refractivity contribution is 0.106. The maximum absolute atomic E-state index is 9.88. The molecule has 0 fully saturated rings. The average molecular weight is 289 g/mol. The fourth-order valence-corrected chi connectivity index (χ4v) is 2.00. The van der Waals surface area contributed by atoms with Crippen molar-refractivity contribution >= 4 is 0 Å². The first-order valence-electron chi connectivity index (χ1n) is 7.26. The lowest BCUT2D eigenvalue weighted by Gasteiger charge is -2.13. The van der Waals surface area contributed by atoms with E-state index in [9.17, 15) is 5.11 Å². The van der Waals surface area contributed by atoms with Crippen LogP contribution in [0.25, 0.3) is 0 Å². The van der Waals surface area contributed by atoms with Crippen LogP contribution in [0.1, 0.15) is 18.2 Å². The molecule has 0 saturated carbocycles. The molecule has 1 aromatic carbocycles. The summed E-state index contributed by atoms with van der Waals surface area (Å²) in [4.78, 5) is 0. The Labute approximate surface area is 125 Å². The van der Waals surface area contributed by atoms with E-state index in [0.29, 0.717) is 13.1 Å². The van der Waals surface area contributed by atoms with Crippen molar-refractivity contribution in [3.8, 4) is 5.75 Å². The molecule has 2 rings (SSSR count). The number of nitrogens with one attached hydrogen (secondary N) is 1. The minimum absolute atomic E-state index is 0.278. The van der Waals surface area contributed by atoms with Gasteiger partial charge >= 0.3 is 0 Å². The van der Waals surface area contributed by atoms with Crippen LogP contribution in [0.3, 0.4) is 0 Å². The minimum atomic E-state index is -0.542. The highest BCUT2D eigenvalue weighted by molar-refractivity contribution is 5.27. The van der Waals surface area contributed by atoms with Gasteiger partial charge in [0.15, 0.2) is 0 Å². The minimum Gasteiger partial charge on any atom is -0.491 e. The van der Waals surface area contributed by atoms with E-state index in [1.807, 2.05) is 43.6 Å². The van der Waals surface area contributed by atoms with Crippen molar-refractivity contribution in [2.24, 2.45) is 7.05 Å². The Bertz CT molecular complexity index is 537. The molecule has 1 unspecified atom stereocenters. The van der Waals surface area contributed by atoms with Gasteiger partial charge in [0.25, 0.3) is 0 Å². The Kier molecular flexibility index (Phi) is 5.78. The molecule has 1 aromatic heterocycles. The quantitative estimate of drug-likeness (QED) is 0.773. The summed E-state index contributed by atoms with van der Waals surface area (Å²) >= 11 is 0. The first-order chi connectivity index (χ1) is 10.2. The molecule has 0 radical (unpaired) electrons. The molecule has 5 nitrogen and oxygen atoms in total. The summed E-state index contributed by atoms with van der Waals surface area (Å²) in [5, 5.41) is 17.3. The largest absolute Gasteiger partial charge is 0.491 e. The molecule has 0 saturated heterocycles. The smallest absolute Gasteiger partial charge is 0.119 e. The van der Waals surface area contributed by atoms with Crippen LogP contribution in [0.15, 0.2) is 36.5 Å². The van der Waals surface area contributed by atoms with E-state index in [-0.39, 0.29) is 6.61 Å². The number of aryl methyl sites for hydroxylation is 2. The summed E-state index contributed by atoms with van der Waals surface area (Å²) < 4.78 is 7.32. The van der Waals surface area contributed by atoms with Gasteiger partial charge in [-0.15, -0.1) is 0 Å². The summed E-state index contributed by atoms with van der Waals surface area (Å²) in [5.41, 5.74) is 2.24. The molecule has 2 aromatic rings. The van der Waals surface area contributed by atoms with E-state index < -0.39 is 6.10 Å². The Balaban J connectivity index is 1.65. The number of rotatable bonds is 8. The van der Waals surface area contributed by atoms with Gasteiger partial charge in [-0.25, -0.2) is 0 Å². The van der Waals surface area contributed by atoms with Crippen LogP contribution in [0, 0.1) is 0 Å². The van der Waals surface area contributed by atoms with Gasteiger partial charge in [0.1, 0.15) is 18.5 Å². The highest BCUT2D eigenvalue weighted by Crippen LogP contribution is 2.12. The molecule has 0 amide bonds. The van der Waals surface area contributed by atoms with Crippen molar-refractivity contribution in [2.45, 2.75) is 26.0 Å². The average Bonchev–Trinajstić information content (AvgIpc) is 2.91. The second-order valence-corrected chi connectivity index (χ2v) is 5.07. The van der Waals surface area contributed by atoms with Crippen molar-refractivity contribution < 1.29 is 9.84 Å². The molecule has 0 spiro atoms. The molecule has 1 atom stereocenters. The zero-order valence-electron chi connectivity index (χ0n) is 12.6. The van der Waals surface area contributed by atoms with E-state index in [2.05, 4.69) is 17.3 Å². The maximum atomic E-state index is 9.88. The number of nitrogens with zero attached hydrogens (tertiary/aromatic N) is 2. The monoisotopic (exact) mass is 289 g/mol. The van der Waals surface area contributed by atoms with Gasteiger partial charge in [-0.3, -0.25) is 4.68 Å². The number of aliphatic hydroxyl groups is 1. The van der Waals surface area contributed by atoms with Crippen molar-refractivity contribution in [1.82, 2.24) is 15.1 Å². The van der Waals surface area contributed by atoms with E-state index in [0.717, 1.165) is 17.9 Å². The SMILES string of the molecule is CCc1ccc(OCC(O)CNCc2ccn(C)n2)cc1. The molecule has 5 heteroatoms. The van der Waals surface area contributed by atoms with Gasteiger partial charge in [0.05, 0.1) is 5.69 Å². The van der Waals surface area contributed by atoms with Crippen molar-refractivity contribution in [1.29, 1.82) is 0 Å². The van der Waals surface area contributed by atoms with E-state index in [4.69, 9.17) is 4.74 Å². The van der Waals surface area contributed by atoms with Crippen LogP contribution < -0.4 is 10.1 Å². The summed E-state index contributed by atoms with van der Waals surface area (Å²) in [6, 6.07) is 9.91. The van der Waals surface area contributed by atoms with Gasteiger partial charge in [0.2, 0.25) is 0 Å². The Morgan fingerprint density at radius 1 is 1.29 bits per heavy atom. The lowest BCUT2D eigenvalue weighted by atomic mass is 10.2. The molecular formula is C16H23N3O2. The van der Waals surface area contributed by atoms with Crippen LogP contribution >= 0.6 is 0 Å². The summed E-state index contributed by atoms with van der Waals surface area (Å²) in [6.45, 7) is 3.51. The van der Waals surface area contributed by atoms with Crippen LogP contribution in [0.5, 0.6) is 5.75 Å². The number of aromatic nitrogens is 2. The number of benzene rings is 1.